The largest absolute Gasteiger partial charge is 0.480 e. The van der Waals surface area contributed by atoms with Gasteiger partial charge in [-0.3, -0.25) is 4.90 Å². The summed E-state index contributed by atoms with van der Waals surface area (Å²) in [5, 5.41) is 9.24. The summed E-state index contributed by atoms with van der Waals surface area (Å²) >= 11 is 0. The number of fused-ring (bicyclic) bond motifs is 1. The van der Waals surface area contributed by atoms with Gasteiger partial charge in [0, 0.05) is 6.42 Å². The Morgan fingerprint density at radius 2 is 2.11 bits per heavy atom. The first-order valence-electron chi connectivity index (χ1n) is 5.97. The summed E-state index contributed by atoms with van der Waals surface area (Å²) < 4.78 is 4.93. The molecule has 0 aliphatic carbocycles. The van der Waals surface area contributed by atoms with Gasteiger partial charge in [-0.05, 0) is 11.1 Å². The Morgan fingerprint density at radius 3 is 2.74 bits per heavy atom. The number of nitrogens with zero attached hydrogens (tertiary/aromatic N) is 1. The van der Waals surface area contributed by atoms with Crippen LogP contribution in [-0.4, -0.2) is 34.7 Å². The molecule has 0 fully saturated rings. The molecule has 1 aliphatic rings. The van der Waals surface area contributed by atoms with E-state index in [1.54, 1.807) is 0 Å². The second kappa shape index (κ2) is 5.56. The fourth-order valence-corrected chi connectivity index (χ4v) is 2.15. The maximum Gasteiger partial charge on any atom is 0.411 e. The lowest BCUT2D eigenvalue weighted by Crippen LogP contribution is -2.48. The number of ether oxygens (including phenoxy) is 1. The van der Waals surface area contributed by atoms with Crippen LogP contribution in [0.2, 0.25) is 0 Å². The van der Waals surface area contributed by atoms with E-state index in [2.05, 4.69) is 6.58 Å². The highest BCUT2D eigenvalue weighted by molar-refractivity contribution is 5.81. The second-order valence-electron chi connectivity index (χ2n) is 4.32. The molecule has 0 unspecified atom stereocenters. The number of aliphatic carboxylic acids is 1. The van der Waals surface area contributed by atoms with Gasteiger partial charge < -0.3 is 9.84 Å². The fraction of sp³-hybridized carbons (Fsp3) is 0.286. The number of carboxylic acids is 1. The molecule has 1 aromatic carbocycles. The van der Waals surface area contributed by atoms with E-state index in [9.17, 15) is 14.7 Å². The molecular formula is C14H15NO4. The highest BCUT2D eigenvalue weighted by Gasteiger charge is 2.35. The molecule has 19 heavy (non-hydrogen) atoms. The highest BCUT2D eigenvalue weighted by Crippen LogP contribution is 2.24. The first-order valence-corrected chi connectivity index (χ1v) is 5.97. The van der Waals surface area contributed by atoms with Crippen LogP contribution in [0.5, 0.6) is 0 Å². The van der Waals surface area contributed by atoms with Gasteiger partial charge in [-0.25, -0.2) is 9.59 Å². The van der Waals surface area contributed by atoms with Crippen molar-refractivity contribution in [2.24, 2.45) is 0 Å². The maximum atomic E-state index is 11.9. The summed E-state index contributed by atoms with van der Waals surface area (Å²) in [4.78, 5) is 24.4. The van der Waals surface area contributed by atoms with Gasteiger partial charge in [-0.1, -0.05) is 36.9 Å². The summed E-state index contributed by atoms with van der Waals surface area (Å²) in [6.07, 6.45) is 1.13. The van der Waals surface area contributed by atoms with Crippen molar-refractivity contribution >= 4 is 12.1 Å². The molecule has 1 aromatic rings. The molecule has 1 amide bonds. The molecule has 100 valence electrons. The predicted molar refractivity (Wildman–Crippen MR) is 68.7 cm³/mol. The summed E-state index contributed by atoms with van der Waals surface area (Å²) in [7, 11) is 0. The number of carbonyl (C=O) groups excluding carboxylic acids is 1. The molecule has 5 nitrogen and oxygen atoms in total. The van der Waals surface area contributed by atoms with Gasteiger partial charge in [-0.15, -0.1) is 0 Å². The van der Waals surface area contributed by atoms with Crippen LogP contribution in [0.15, 0.2) is 36.9 Å². The molecule has 1 N–H and O–H groups in total. The molecule has 0 radical (unpaired) electrons. The van der Waals surface area contributed by atoms with Crippen LogP contribution in [0.4, 0.5) is 4.79 Å². The minimum absolute atomic E-state index is 0.0727. The first-order chi connectivity index (χ1) is 9.13. The van der Waals surface area contributed by atoms with Crippen molar-refractivity contribution in [1.29, 1.82) is 0 Å². The lowest BCUT2D eigenvalue weighted by molar-refractivity contribution is -0.143. The molecular weight excluding hydrogens is 246 g/mol. The minimum Gasteiger partial charge on any atom is -0.480 e. The average Bonchev–Trinajstić information content (AvgIpc) is 2.43. The Morgan fingerprint density at radius 1 is 1.42 bits per heavy atom. The first kappa shape index (κ1) is 13.1. The molecule has 0 bridgehead atoms. The van der Waals surface area contributed by atoms with E-state index in [0.29, 0.717) is 6.42 Å². The Kier molecular flexibility index (Phi) is 3.85. The van der Waals surface area contributed by atoms with Crippen LogP contribution >= 0.6 is 0 Å². The maximum absolute atomic E-state index is 11.9. The van der Waals surface area contributed by atoms with Crippen molar-refractivity contribution in [3.05, 3.63) is 48.0 Å². The Labute approximate surface area is 111 Å². The molecule has 1 heterocycles. The Hall–Kier alpha value is -2.30. The number of hydrogen-bond acceptors (Lipinski definition) is 3. The van der Waals surface area contributed by atoms with Crippen LogP contribution in [0.25, 0.3) is 0 Å². The SMILES string of the molecule is C=CCOC(=O)N1Cc2ccccc2C[C@@H]1C(=O)O. The number of rotatable bonds is 3. The normalized spacial score (nSPS) is 17.5. The van der Waals surface area contributed by atoms with Crippen molar-refractivity contribution in [3.8, 4) is 0 Å². The zero-order valence-corrected chi connectivity index (χ0v) is 10.4. The van der Waals surface area contributed by atoms with E-state index in [4.69, 9.17) is 4.74 Å². The summed E-state index contributed by atoms with van der Waals surface area (Å²) in [5.41, 5.74) is 1.92. The third kappa shape index (κ3) is 2.76. The predicted octanol–water partition coefficient (Wildman–Crippen LogP) is 1.82. The average molecular weight is 261 g/mol. The molecule has 0 aromatic heterocycles. The highest BCUT2D eigenvalue weighted by atomic mass is 16.6. The van der Waals surface area contributed by atoms with Gasteiger partial charge in [0.25, 0.3) is 0 Å². The number of hydrogen-bond donors (Lipinski definition) is 1. The second-order valence-corrected chi connectivity index (χ2v) is 4.32. The lowest BCUT2D eigenvalue weighted by Gasteiger charge is -2.33. The Bertz CT molecular complexity index is 512. The van der Waals surface area contributed by atoms with Gasteiger partial charge in [0.05, 0.1) is 6.54 Å². The molecule has 0 spiro atoms. The lowest BCUT2D eigenvalue weighted by atomic mass is 9.94. The molecule has 1 aliphatic heterocycles. The summed E-state index contributed by atoms with van der Waals surface area (Å²) in [5.74, 6) is -1.02. The van der Waals surface area contributed by atoms with Crippen molar-refractivity contribution < 1.29 is 19.4 Å². The number of carbonyl (C=O) groups is 2. The molecule has 1 atom stereocenters. The van der Waals surface area contributed by atoms with E-state index >= 15 is 0 Å². The van der Waals surface area contributed by atoms with Gasteiger partial charge in [0.2, 0.25) is 0 Å². The number of benzene rings is 1. The van der Waals surface area contributed by atoms with Crippen molar-refractivity contribution in [2.45, 2.75) is 19.0 Å². The van der Waals surface area contributed by atoms with Crippen LogP contribution in [0.1, 0.15) is 11.1 Å². The van der Waals surface area contributed by atoms with E-state index in [-0.39, 0.29) is 13.2 Å². The van der Waals surface area contributed by atoms with E-state index in [0.717, 1.165) is 11.1 Å². The van der Waals surface area contributed by atoms with Gasteiger partial charge >= 0.3 is 12.1 Å². The van der Waals surface area contributed by atoms with Gasteiger partial charge in [0.15, 0.2) is 0 Å². The molecule has 2 rings (SSSR count). The van der Waals surface area contributed by atoms with E-state index in [1.165, 1.54) is 11.0 Å². The third-order valence-corrected chi connectivity index (χ3v) is 3.09. The van der Waals surface area contributed by atoms with Crippen molar-refractivity contribution in [1.82, 2.24) is 4.90 Å². The number of carboxylic acid groups (broad SMARTS) is 1. The van der Waals surface area contributed by atoms with Crippen LogP contribution in [-0.2, 0) is 22.5 Å². The number of amides is 1. The summed E-state index contributed by atoms with van der Waals surface area (Å²) in [6, 6.07) is 6.63. The smallest absolute Gasteiger partial charge is 0.411 e. The Balaban J connectivity index is 2.23. The summed E-state index contributed by atoms with van der Waals surface area (Å²) in [6.45, 7) is 3.78. The molecule has 0 saturated carbocycles. The monoisotopic (exact) mass is 261 g/mol. The van der Waals surface area contributed by atoms with Crippen molar-refractivity contribution in [2.75, 3.05) is 6.61 Å². The quantitative estimate of drug-likeness (QED) is 0.843. The minimum atomic E-state index is -1.02. The zero-order valence-electron chi connectivity index (χ0n) is 10.4. The topological polar surface area (TPSA) is 66.8 Å². The van der Waals surface area contributed by atoms with Gasteiger partial charge in [0.1, 0.15) is 12.6 Å². The van der Waals surface area contributed by atoms with Crippen LogP contribution in [0.3, 0.4) is 0 Å². The van der Waals surface area contributed by atoms with E-state index in [1.807, 2.05) is 24.3 Å². The molecule has 0 saturated heterocycles. The third-order valence-electron chi connectivity index (χ3n) is 3.09. The fourth-order valence-electron chi connectivity index (χ4n) is 2.15. The molecule has 5 heteroatoms. The zero-order chi connectivity index (χ0) is 13.8. The standard InChI is InChI=1S/C14H15NO4/c1-2-7-19-14(18)15-9-11-6-4-3-5-10(11)8-12(15)13(16)17/h2-6,12H,1,7-9H2,(H,16,17)/t12-/m1/s1. The van der Waals surface area contributed by atoms with Gasteiger partial charge in [-0.2, -0.15) is 0 Å². The van der Waals surface area contributed by atoms with Crippen molar-refractivity contribution in [3.63, 3.8) is 0 Å². The van der Waals surface area contributed by atoms with E-state index < -0.39 is 18.1 Å². The van der Waals surface area contributed by atoms with Crippen LogP contribution in [0, 0.1) is 0 Å². The van der Waals surface area contributed by atoms with Crippen LogP contribution < -0.4 is 0 Å².